The molecule has 0 unspecified atom stereocenters. The van der Waals surface area contributed by atoms with Crippen LogP contribution in [0.4, 0.5) is 17.1 Å². The average molecular weight is 463 g/mol. The van der Waals surface area contributed by atoms with Crippen LogP contribution in [0.2, 0.25) is 0 Å². The van der Waals surface area contributed by atoms with Crippen LogP contribution in [0.15, 0.2) is 77.8 Å². The Balaban J connectivity index is 1.82. The predicted molar refractivity (Wildman–Crippen MR) is 135 cm³/mol. The number of nitrogens with two attached hydrogens (primary N) is 1. The van der Waals surface area contributed by atoms with E-state index in [-0.39, 0.29) is 11.6 Å². The first-order chi connectivity index (χ1) is 15.8. The van der Waals surface area contributed by atoms with Gasteiger partial charge in [0.2, 0.25) is 10.0 Å². The van der Waals surface area contributed by atoms with Crippen LogP contribution in [0.1, 0.15) is 24.5 Å². The zero-order valence-electron chi connectivity index (χ0n) is 18.5. The fraction of sp³-hybridized carbons (Fsp3) is 0.160. The Morgan fingerprint density at radius 2 is 1.76 bits per heavy atom. The number of aromatic amines is 1. The molecule has 0 atom stereocenters. The molecule has 0 fully saturated rings. The zero-order valence-corrected chi connectivity index (χ0v) is 19.3. The normalized spacial score (nSPS) is 12.2. The van der Waals surface area contributed by atoms with Gasteiger partial charge in [-0.1, -0.05) is 37.3 Å². The van der Waals surface area contributed by atoms with Crippen molar-refractivity contribution >= 4 is 43.7 Å². The molecule has 0 aliphatic rings. The number of nitrogens with one attached hydrogen (secondary N) is 1. The molecule has 0 radical (unpaired) electrons. The molecule has 170 valence electrons. The second kappa shape index (κ2) is 8.99. The lowest BCUT2D eigenvalue weighted by Gasteiger charge is -2.19. The van der Waals surface area contributed by atoms with Crippen LogP contribution < -0.4 is 10.0 Å². The van der Waals surface area contributed by atoms with Crippen LogP contribution in [0.25, 0.3) is 10.9 Å². The minimum Gasteiger partial charge on any atom is -0.494 e. The molecule has 8 heteroatoms. The van der Waals surface area contributed by atoms with Crippen molar-refractivity contribution in [2.75, 3.05) is 22.8 Å². The van der Waals surface area contributed by atoms with Crippen molar-refractivity contribution in [1.82, 2.24) is 4.98 Å². The standard InChI is InChI=1S/C25H26N4O3S/c1-3-15-33(31,32)29(2)20-12-10-19(11-13-20)27-24(17-7-5-4-6-8-17)23-21-16-18(26)9-14-22(21)28-25(23)30/h4-14,16,28,30H,3,15,26H2,1-2H3. The van der Waals surface area contributed by atoms with Gasteiger partial charge in [-0.3, -0.25) is 4.31 Å². The summed E-state index contributed by atoms with van der Waals surface area (Å²) in [7, 11) is -1.81. The first-order valence-corrected chi connectivity index (χ1v) is 12.2. The third kappa shape index (κ3) is 4.56. The summed E-state index contributed by atoms with van der Waals surface area (Å²) < 4.78 is 26.0. The number of aliphatic imine (C=N–C) groups is 1. The van der Waals surface area contributed by atoms with Gasteiger partial charge in [-0.25, -0.2) is 13.4 Å². The van der Waals surface area contributed by atoms with E-state index in [1.807, 2.05) is 43.3 Å². The summed E-state index contributed by atoms with van der Waals surface area (Å²) in [6, 6.07) is 21.9. The number of sulfonamides is 1. The summed E-state index contributed by atoms with van der Waals surface area (Å²) in [4.78, 5) is 7.83. The van der Waals surface area contributed by atoms with Crippen molar-refractivity contribution in [3.05, 3.63) is 83.9 Å². The highest BCUT2D eigenvalue weighted by Gasteiger charge is 2.20. The first-order valence-electron chi connectivity index (χ1n) is 10.6. The number of anilines is 2. The second-order valence-corrected chi connectivity index (χ2v) is 9.90. The second-order valence-electron chi connectivity index (χ2n) is 7.78. The van der Waals surface area contributed by atoms with Crippen molar-refractivity contribution in [3.63, 3.8) is 0 Å². The van der Waals surface area contributed by atoms with Crippen LogP contribution in [-0.4, -0.2) is 37.0 Å². The van der Waals surface area contributed by atoms with Gasteiger partial charge in [0.25, 0.3) is 0 Å². The van der Waals surface area contributed by atoms with E-state index in [0.717, 1.165) is 16.5 Å². The average Bonchev–Trinajstić information content (AvgIpc) is 3.12. The number of aromatic nitrogens is 1. The van der Waals surface area contributed by atoms with Crippen LogP contribution >= 0.6 is 0 Å². The SMILES string of the molecule is CCCS(=O)(=O)N(C)c1ccc(N=C(c2ccccc2)c2c(O)[nH]c3ccc(N)cc23)cc1. The Labute approximate surface area is 193 Å². The molecule has 4 rings (SSSR count). The summed E-state index contributed by atoms with van der Waals surface area (Å²) in [6.45, 7) is 1.84. The Morgan fingerprint density at radius 1 is 1.06 bits per heavy atom. The van der Waals surface area contributed by atoms with Gasteiger partial charge in [0, 0.05) is 29.2 Å². The van der Waals surface area contributed by atoms with Gasteiger partial charge in [-0.2, -0.15) is 0 Å². The number of aromatic hydroxyl groups is 1. The molecule has 0 bridgehead atoms. The highest BCUT2D eigenvalue weighted by Crippen LogP contribution is 2.33. The number of benzene rings is 3. The zero-order chi connectivity index (χ0) is 23.6. The fourth-order valence-electron chi connectivity index (χ4n) is 3.72. The Morgan fingerprint density at radius 3 is 2.42 bits per heavy atom. The maximum absolute atomic E-state index is 12.4. The van der Waals surface area contributed by atoms with Gasteiger partial charge in [-0.05, 0) is 48.9 Å². The lowest BCUT2D eigenvalue weighted by molar-refractivity contribution is 0.457. The van der Waals surface area contributed by atoms with Crippen molar-refractivity contribution in [2.45, 2.75) is 13.3 Å². The van der Waals surface area contributed by atoms with Crippen LogP contribution in [0.3, 0.4) is 0 Å². The van der Waals surface area contributed by atoms with E-state index in [4.69, 9.17) is 10.7 Å². The van der Waals surface area contributed by atoms with E-state index in [0.29, 0.717) is 34.8 Å². The number of nitrogens with zero attached hydrogens (tertiary/aromatic N) is 2. The topological polar surface area (TPSA) is 112 Å². The number of rotatable bonds is 7. The predicted octanol–water partition coefficient (Wildman–Crippen LogP) is 4.80. The van der Waals surface area contributed by atoms with Crippen LogP contribution in [-0.2, 0) is 10.0 Å². The van der Waals surface area contributed by atoms with E-state index in [9.17, 15) is 13.5 Å². The largest absolute Gasteiger partial charge is 0.494 e. The Kier molecular flexibility index (Phi) is 6.11. The molecule has 33 heavy (non-hydrogen) atoms. The smallest absolute Gasteiger partial charge is 0.234 e. The summed E-state index contributed by atoms with van der Waals surface area (Å²) in [5.74, 6) is 0.0880. The lowest BCUT2D eigenvalue weighted by atomic mass is 10.0. The van der Waals surface area contributed by atoms with E-state index < -0.39 is 10.0 Å². The maximum Gasteiger partial charge on any atom is 0.234 e. The highest BCUT2D eigenvalue weighted by atomic mass is 32.2. The van der Waals surface area contributed by atoms with Crippen molar-refractivity contribution in [2.24, 2.45) is 4.99 Å². The highest BCUT2D eigenvalue weighted by molar-refractivity contribution is 7.92. The lowest BCUT2D eigenvalue weighted by Crippen LogP contribution is -2.28. The minimum atomic E-state index is -3.36. The molecular weight excluding hydrogens is 436 g/mol. The molecule has 1 aromatic heterocycles. The molecule has 0 aliphatic carbocycles. The Bertz CT molecular complexity index is 1410. The van der Waals surface area contributed by atoms with E-state index in [1.54, 1.807) is 43.4 Å². The number of hydrogen-bond donors (Lipinski definition) is 3. The number of fused-ring (bicyclic) bond motifs is 1. The van der Waals surface area contributed by atoms with E-state index in [2.05, 4.69) is 4.98 Å². The van der Waals surface area contributed by atoms with Gasteiger partial charge in [-0.15, -0.1) is 0 Å². The fourth-order valence-corrected chi connectivity index (χ4v) is 4.95. The quantitative estimate of drug-likeness (QED) is 0.270. The van der Waals surface area contributed by atoms with Crippen molar-refractivity contribution in [1.29, 1.82) is 0 Å². The van der Waals surface area contributed by atoms with E-state index >= 15 is 0 Å². The molecule has 0 saturated heterocycles. The molecule has 4 N–H and O–H groups in total. The van der Waals surface area contributed by atoms with Gasteiger partial charge in [0.1, 0.15) is 0 Å². The van der Waals surface area contributed by atoms with Gasteiger partial charge in [0.05, 0.1) is 28.4 Å². The molecule has 0 saturated carbocycles. The van der Waals surface area contributed by atoms with E-state index in [1.165, 1.54) is 4.31 Å². The third-order valence-corrected chi connectivity index (χ3v) is 7.39. The first kappa shape index (κ1) is 22.4. The molecule has 7 nitrogen and oxygen atoms in total. The third-order valence-electron chi connectivity index (χ3n) is 5.42. The summed E-state index contributed by atoms with van der Waals surface area (Å²) in [5, 5.41) is 11.5. The van der Waals surface area contributed by atoms with Crippen molar-refractivity contribution in [3.8, 4) is 5.88 Å². The van der Waals surface area contributed by atoms with Crippen molar-refractivity contribution < 1.29 is 13.5 Å². The minimum absolute atomic E-state index is 0.000200. The molecule has 0 aliphatic heterocycles. The van der Waals surface area contributed by atoms with Gasteiger partial charge >= 0.3 is 0 Å². The summed E-state index contributed by atoms with van der Waals surface area (Å²) in [6.07, 6.45) is 0.550. The molecule has 1 heterocycles. The van der Waals surface area contributed by atoms with Crippen LogP contribution in [0, 0.1) is 0 Å². The molecule has 0 amide bonds. The molecular formula is C25H26N4O3S. The van der Waals surface area contributed by atoms with Gasteiger partial charge in [0.15, 0.2) is 5.88 Å². The number of nitrogen functional groups attached to an aromatic ring is 1. The molecule has 0 spiro atoms. The van der Waals surface area contributed by atoms with Crippen LogP contribution in [0.5, 0.6) is 5.88 Å². The monoisotopic (exact) mass is 462 g/mol. The maximum atomic E-state index is 12.4. The number of H-pyrrole nitrogens is 1. The Hall–Kier alpha value is -3.78. The summed E-state index contributed by atoms with van der Waals surface area (Å²) in [5.41, 5.74) is 10.5. The summed E-state index contributed by atoms with van der Waals surface area (Å²) >= 11 is 0. The molecule has 3 aromatic carbocycles. The van der Waals surface area contributed by atoms with Gasteiger partial charge < -0.3 is 15.8 Å². The molecule has 4 aromatic rings. The number of hydrogen-bond acceptors (Lipinski definition) is 5.